The summed E-state index contributed by atoms with van der Waals surface area (Å²) in [5.74, 6) is -0.221. The number of nitrogens with zero attached hydrogens (tertiary/aromatic N) is 1. The van der Waals surface area contributed by atoms with E-state index >= 15 is 0 Å². The molecular formula is C21H22N2O3S. The van der Waals surface area contributed by atoms with E-state index in [2.05, 4.69) is 5.32 Å². The summed E-state index contributed by atoms with van der Waals surface area (Å²) in [5.41, 5.74) is 2.23. The maximum absolute atomic E-state index is 12.4. The summed E-state index contributed by atoms with van der Waals surface area (Å²) in [5, 5.41) is 2.81. The smallest absolute Gasteiger partial charge is 0.254 e. The second-order valence-electron chi connectivity index (χ2n) is 6.08. The van der Waals surface area contributed by atoms with Crippen LogP contribution in [0, 0.1) is 0 Å². The molecule has 2 aromatic carbocycles. The molecule has 0 spiro atoms. The topological polar surface area (TPSA) is 58.6 Å². The molecule has 2 aromatic rings. The number of morpholine rings is 1. The Morgan fingerprint density at radius 2 is 1.70 bits per heavy atom. The van der Waals surface area contributed by atoms with Crippen LogP contribution < -0.4 is 5.32 Å². The maximum atomic E-state index is 12.4. The van der Waals surface area contributed by atoms with E-state index in [0.29, 0.717) is 37.6 Å². The monoisotopic (exact) mass is 382 g/mol. The molecule has 5 nitrogen and oxygen atoms in total. The van der Waals surface area contributed by atoms with Gasteiger partial charge in [0.25, 0.3) is 5.91 Å². The second-order valence-corrected chi connectivity index (χ2v) is 6.96. The van der Waals surface area contributed by atoms with E-state index in [-0.39, 0.29) is 11.8 Å². The zero-order valence-electron chi connectivity index (χ0n) is 15.2. The highest BCUT2D eigenvalue weighted by Crippen LogP contribution is 2.16. The quantitative estimate of drug-likeness (QED) is 0.635. The maximum Gasteiger partial charge on any atom is 0.254 e. The van der Waals surface area contributed by atoms with Crippen LogP contribution in [0.4, 0.5) is 5.69 Å². The molecule has 3 rings (SSSR count). The molecule has 0 saturated carbocycles. The van der Waals surface area contributed by atoms with Gasteiger partial charge in [-0.1, -0.05) is 12.1 Å². The molecule has 0 aliphatic carbocycles. The molecule has 0 bridgehead atoms. The number of thioether (sulfide) groups is 1. The van der Waals surface area contributed by atoms with E-state index in [9.17, 15) is 9.59 Å². The molecule has 140 valence electrons. The number of benzene rings is 2. The van der Waals surface area contributed by atoms with E-state index in [4.69, 9.17) is 4.74 Å². The average molecular weight is 382 g/mol. The van der Waals surface area contributed by atoms with Crippen molar-refractivity contribution < 1.29 is 14.3 Å². The first-order valence-electron chi connectivity index (χ1n) is 8.76. The van der Waals surface area contributed by atoms with Crippen LogP contribution in [-0.4, -0.2) is 49.3 Å². The third kappa shape index (κ3) is 5.45. The average Bonchev–Trinajstić information content (AvgIpc) is 2.73. The fourth-order valence-electron chi connectivity index (χ4n) is 2.72. The number of rotatable bonds is 5. The van der Waals surface area contributed by atoms with Crippen LogP contribution in [0.1, 0.15) is 15.9 Å². The van der Waals surface area contributed by atoms with Gasteiger partial charge in [0, 0.05) is 35.3 Å². The van der Waals surface area contributed by atoms with Crippen molar-refractivity contribution in [1.82, 2.24) is 4.90 Å². The number of anilines is 1. The minimum Gasteiger partial charge on any atom is -0.378 e. The van der Waals surface area contributed by atoms with Gasteiger partial charge >= 0.3 is 0 Å². The number of hydrogen-bond acceptors (Lipinski definition) is 4. The summed E-state index contributed by atoms with van der Waals surface area (Å²) >= 11 is 1.68. The fourth-order valence-corrected chi connectivity index (χ4v) is 3.12. The van der Waals surface area contributed by atoms with Crippen molar-refractivity contribution in [2.24, 2.45) is 0 Å². The predicted molar refractivity (Wildman–Crippen MR) is 109 cm³/mol. The molecule has 6 heteroatoms. The molecule has 27 heavy (non-hydrogen) atoms. The van der Waals surface area contributed by atoms with Gasteiger partial charge < -0.3 is 15.0 Å². The number of nitrogens with one attached hydrogen (secondary N) is 1. The van der Waals surface area contributed by atoms with Gasteiger partial charge in [0.2, 0.25) is 5.91 Å². The Bertz CT molecular complexity index is 810. The normalized spacial score (nSPS) is 14.3. The van der Waals surface area contributed by atoms with Crippen molar-refractivity contribution in [3.8, 4) is 0 Å². The van der Waals surface area contributed by atoms with Crippen LogP contribution in [0.3, 0.4) is 0 Å². The van der Waals surface area contributed by atoms with Crippen molar-refractivity contribution in [2.45, 2.75) is 4.90 Å². The number of carbonyl (C=O) groups excluding carboxylic acids is 2. The van der Waals surface area contributed by atoms with E-state index in [1.807, 2.05) is 30.5 Å². The summed E-state index contributed by atoms with van der Waals surface area (Å²) in [6.45, 7) is 2.37. The molecule has 1 aliphatic rings. The van der Waals surface area contributed by atoms with E-state index in [0.717, 1.165) is 5.56 Å². The molecule has 0 aromatic heterocycles. The first-order chi connectivity index (χ1) is 13.2. The zero-order valence-corrected chi connectivity index (χ0v) is 16.0. The molecule has 1 N–H and O–H groups in total. The Hall–Kier alpha value is -2.57. The fraction of sp³-hybridized carbons (Fsp3) is 0.238. The Morgan fingerprint density at radius 3 is 2.33 bits per heavy atom. The standard InChI is InChI=1S/C21H22N2O3S/c1-27-19-9-2-16(3-10-19)4-11-20(24)22-18-7-5-17(6-8-18)21(25)23-12-14-26-15-13-23/h2-11H,12-15H2,1H3,(H,22,24). The van der Waals surface area contributed by atoms with E-state index < -0.39 is 0 Å². The molecule has 0 atom stereocenters. The third-order valence-corrected chi connectivity index (χ3v) is 4.98. The highest BCUT2D eigenvalue weighted by Gasteiger charge is 2.18. The lowest BCUT2D eigenvalue weighted by Crippen LogP contribution is -2.40. The minimum absolute atomic E-state index is 0.00948. The van der Waals surface area contributed by atoms with Crippen LogP contribution in [-0.2, 0) is 9.53 Å². The number of hydrogen-bond donors (Lipinski definition) is 1. The van der Waals surface area contributed by atoms with Crippen LogP contribution >= 0.6 is 11.8 Å². The van der Waals surface area contributed by atoms with E-state index in [1.165, 1.54) is 11.0 Å². The first kappa shape index (κ1) is 19.2. The summed E-state index contributed by atoms with van der Waals surface area (Å²) in [6.07, 6.45) is 5.30. The summed E-state index contributed by atoms with van der Waals surface area (Å²) < 4.78 is 5.27. The van der Waals surface area contributed by atoms with Gasteiger partial charge in [-0.15, -0.1) is 11.8 Å². The van der Waals surface area contributed by atoms with Crippen LogP contribution in [0.5, 0.6) is 0 Å². The molecule has 1 aliphatic heterocycles. The van der Waals surface area contributed by atoms with Gasteiger partial charge in [0.05, 0.1) is 13.2 Å². The SMILES string of the molecule is CSc1ccc(C=CC(=O)Nc2ccc(C(=O)N3CCOCC3)cc2)cc1. The van der Waals surface area contributed by atoms with Crippen LogP contribution in [0.15, 0.2) is 59.5 Å². The Labute approximate surface area is 163 Å². The van der Waals surface area contributed by atoms with Crippen molar-refractivity contribution >= 4 is 35.3 Å². The van der Waals surface area contributed by atoms with Crippen molar-refractivity contribution in [2.75, 3.05) is 37.9 Å². The highest BCUT2D eigenvalue weighted by atomic mass is 32.2. The largest absolute Gasteiger partial charge is 0.378 e. The molecule has 0 radical (unpaired) electrons. The Kier molecular flexibility index (Phi) is 6.68. The second kappa shape index (κ2) is 9.39. The molecular weight excluding hydrogens is 360 g/mol. The summed E-state index contributed by atoms with van der Waals surface area (Å²) in [4.78, 5) is 27.5. The molecule has 2 amide bonds. The number of amides is 2. The van der Waals surface area contributed by atoms with Gasteiger partial charge in [-0.25, -0.2) is 0 Å². The minimum atomic E-state index is -0.212. The molecule has 1 heterocycles. The lowest BCUT2D eigenvalue weighted by molar-refractivity contribution is -0.111. The van der Waals surface area contributed by atoms with Gasteiger partial charge in [0.15, 0.2) is 0 Å². The zero-order chi connectivity index (χ0) is 19.1. The van der Waals surface area contributed by atoms with Crippen molar-refractivity contribution in [3.63, 3.8) is 0 Å². The van der Waals surface area contributed by atoms with Crippen molar-refractivity contribution in [1.29, 1.82) is 0 Å². The van der Waals surface area contributed by atoms with Gasteiger partial charge in [-0.2, -0.15) is 0 Å². The van der Waals surface area contributed by atoms with Gasteiger partial charge in [0.1, 0.15) is 0 Å². The summed E-state index contributed by atoms with van der Waals surface area (Å²) in [6, 6.07) is 14.9. The Morgan fingerprint density at radius 1 is 1.04 bits per heavy atom. The van der Waals surface area contributed by atoms with Gasteiger partial charge in [-0.3, -0.25) is 9.59 Å². The molecule has 1 fully saturated rings. The highest BCUT2D eigenvalue weighted by molar-refractivity contribution is 7.98. The molecule has 0 unspecified atom stereocenters. The molecule has 1 saturated heterocycles. The Balaban J connectivity index is 1.56. The lowest BCUT2D eigenvalue weighted by Gasteiger charge is -2.26. The van der Waals surface area contributed by atoms with Crippen LogP contribution in [0.25, 0.3) is 6.08 Å². The van der Waals surface area contributed by atoms with E-state index in [1.54, 1.807) is 47.0 Å². The van der Waals surface area contributed by atoms with Gasteiger partial charge in [-0.05, 0) is 54.3 Å². The van der Waals surface area contributed by atoms with Crippen molar-refractivity contribution in [3.05, 3.63) is 65.7 Å². The number of ether oxygens (including phenoxy) is 1. The first-order valence-corrected chi connectivity index (χ1v) is 9.98. The predicted octanol–water partition coefficient (Wildman–Crippen LogP) is 3.53. The lowest BCUT2D eigenvalue weighted by atomic mass is 10.1. The van der Waals surface area contributed by atoms with Crippen LogP contribution in [0.2, 0.25) is 0 Å². The number of carbonyl (C=O) groups is 2. The third-order valence-electron chi connectivity index (χ3n) is 4.24. The summed E-state index contributed by atoms with van der Waals surface area (Å²) in [7, 11) is 0.